The van der Waals surface area contributed by atoms with Crippen molar-refractivity contribution in [2.24, 2.45) is 0 Å². The highest BCUT2D eigenvalue weighted by Crippen LogP contribution is 2.43. The Morgan fingerprint density at radius 2 is 2.35 bits per heavy atom. The molecule has 0 aromatic heterocycles. The van der Waals surface area contributed by atoms with Gasteiger partial charge in [-0.15, -0.1) is 0 Å². The van der Waals surface area contributed by atoms with Gasteiger partial charge < -0.3 is 15.4 Å². The summed E-state index contributed by atoms with van der Waals surface area (Å²) in [4.78, 5) is 14.7. The molecule has 1 aliphatic carbocycles. The Balaban J connectivity index is 1.67. The number of hydrogen-bond acceptors (Lipinski definition) is 4. The minimum absolute atomic E-state index is 0.0103. The predicted octanol–water partition coefficient (Wildman–Crippen LogP) is 0.498. The summed E-state index contributed by atoms with van der Waals surface area (Å²) in [6.45, 7) is 6.28. The molecule has 2 heterocycles. The Bertz CT molecular complexity index is 357. The van der Waals surface area contributed by atoms with Crippen molar-refractivity contribution in [2.75, 3.05) is 32.8 Å². The lowest BCUT2D eigenvalue weighted by molar-refractivity contribution is -0.157. The number of rotatable bonds is 3. The molecule has 1 amide bonds. The third kappa shape index (κ3) is 2.71. The van der Waals surface area contributed by atoms with E-state index in [0.717, 1.165) is 39.1 Å². The van der Waals surface area contributed by atoms with Crippen LogP contribution in [0.4, 0.5) is 0 Å². The van der Waals surface area contributed by atoms with Gasteiger partial charge in [-0.1, -0.05) is 0 Å². The van der Waals surface area contributed by atoms with Crippen molar-refractivity contribution in [2.45, 2.75) is 56.7 Å². The average molecular weight is 281 g/mol. The maximum absolute atomic E-state index is 12.3. The molecular weight excluding hydrogens is 254 g/mol. The second-order valence-electron chi connectivity index (χ2n) is 6.38. The molecule has 2 unspecified atom stereocenters. The molecule has 5 nitrogen and oxygen atoms in total. The minimum atomic E-state index is -0.0103. The van der Waals surface area contributed by atoms with Gasteiger partial charge in [-0.2, -0.15) is 0 Å². The monoisotopic (exact) mass is 281 g/mol. The van der Waals surface area contributed by atoms with Crippen molar-refractivity contribution in [3.8, 4) is 0 Å². The first kappa shape index (κ1) is 14.3. The summed E-state index contributed by atoms with van der Waals surface area (Å²) < 4.78 is 6.02. The van der Waals surface area contributed by atoms with Gasteiger partial charge in [0.1, 0.15) is 6.04 Å². The topological polar surface area (TPSA) is 53.6 Å². The number of amides is 1. The average Bonchev–Trinajstić information content (AvgIpc) is 2.46. The molecule has 114 valence electrons. The number of nitrogens with zero attached hydrogens (tertiary/aromatic N) is 1. The van der Waals surface area contributed by atoms with Gasteiger partial charge in [0.15, 0.2) is 0 Å². The third-order valence-electron chi connectivity index (χ3n) is 5.14. The van der Waals surface area contributed by atoms with Gasteiger partial charge in [0.25, 0.3) is 0 Å². The van der Waals surface area contributed by atoms with E-state index in [0.29, 0.717) is 12.6 Å². The van der Waals surface area contributed by atoms with Crippen LogP contribution in [0.1, 0.15) is 39.0 Å². The summed E-state index contributed by atoms with van der Waals surface area (Å²) in [5.41, 5.74) is 0.152. The molecule has 0 bridgehead atoms. The number of carbonyl (C=O) groups excluding carboxylic acids is 1. The van der Waals surface area contributed by atoms with Gasteiger partial charge in [-0.05, 0) is 39.0 Å². The highest BCUT2D eigenvalue weighted by molar-refractivity contribution is 5.82. The molecule has 2 N–H and O–H groups in total. The maximum atomic E-state index is 12.3. The van der Waals surface area contributed by atoms with Gasteiger partial charge in [0.2, 0.25) is 5.91 Å². The van der Waals surface area contributed by atoms with Crippen molar-refractivity contribution >= 4 is 5.91 Å². The van der Waals surface area contributed by atoms with Crippen LogP contribution in [0.2, 0.25) is 0 Å². The lowest BCUT2D eigenvalue weighted by atomic mass is 9.73. The van der Waals surface area contributed by atoms with E-state index >= 15 is 0 Å². The first-order valence-electron chi connectivity index (χ1n) is 8.12. The summed E-state index contributed by atoms with van der Waals surface area (Å²) >= 11 is 0. The first-order valence-corrected chi connectivity index (χ1v) is 8.12. The highest BCUT2D eigenvalue weighted by Gasteiger charge is 2.45. The molecular formula is C15H27N3O2. The van der Waals surface area contributed by atoms with Crippen LogP contribution in [-0.2, 0) is 9.53 Å². The third-order valence-corrected chi connectivity index (χ3v) is 5.14. The van der Waals surface area contributed by atoms with E-state index in [-0.39, 0.29) is 17.6 Å². The van der Waals surface area contributed by atoms with E-state index in [1.807, 2.05) is 6.92 Å². The number of nitrogens with one attached hydrogen (secondary N) is 2. The van der Waals surface area contributed by atoms with Crippen molar-refractivity contribution in [3.05, 3.63) is 0 Å². The molecule has 0 radical (unpaired) electrons. The normalized spacial score (nSPS) is 33.6. The lowest BCUT2D eigenvalue weighted by Crippen LogP contribution is -2.63. The van der Waals surface area contributed by atoms with E-state index in [4.69, 9.17) is 4.74 Å². The zero-order chi connectivity index (χ0) is 14.0. The summed E-state index contributed by atoms with van der Waals surface area (Å²) in [5.74, 6) is 0.175. The second kappa shape index (κ2) is 6.00. The van der Waals surface area contributed by atoms with Crippen LogP contribution in [0, 0.1) is 0 Å². The maximum Gasteiger partial charge on any atom is 0.238 e. The molecule has 1 saturated carbocycles. The van der Waals surface area contributed by atoms with Crippen LogP contribution in [0.15, 0.2) is 0 Å². The fourth-order valence-electron chi connectivity index (χ4n) is 3.90. The van der Waals surface area contributed by atoms with Crippen LogP contribution in [0.3, 0.4) is 0 Å². The van der Waals surface area contributed by atoms with Gasteiger partial charge in [0, 0.05) is 38.8 Å². The van der Waals surface area contributed by atoms with Crippen LogP contribution in [0.5, 0.6) is 0 Å². The molecule has 0 aromatic carbocycles. The van der Waals surface area contributed by atoms with Crippen LogP contribution in [-0.4, -0.2) is 61.3 Å². The Hall–Kier alpha value is -0.650. The number of likely N-dealkylation sites (N-methyl/N-ethyl adjacent to an activating group) is 1. The standard InChI is InChI=1S/C15H27N3O2/c1-2-17-14(19)13-11-16-7-8-18(13)12-4-9-20-15(10-12)5-3-6-15/h12-13,16H,2-11H2,1H3,(H,17,19). The first-order chi connectivity index (χ1) is 9.74. The molecule has 3 rings (SSSR count). The second-order valence-corrected chi connectivity index (χ2v) is 6.38. The van der Waals surface area contributed by atoms with E-state index < -0.39 is 0 Å². The minimum Gasteiger partial charge on any atom is -0.375 e. The SMILES string of the molecule is CCNC(=O)C1CNCCN1C1CCOC2(CCC2)C1. The van der Waals surface area contributed by atoms with Crippen molar-refractivity contribution in [1.29, 1.82) is 0 Å². The zero-order valence-corrected chi connectivity index (χ0v) is 12.5. The molecule has 20 heavy (non-hydrogen) atoms. The zero-order valence-electron chi connectivity index (χ0n) is 12.5. The molecule has 3 aliphatic rings. The molecule has 5 heteroatoms. The summed E-state index contributed by atoms with van der Waals surface area (Å²) in [5, 5.41) is 6.34. The van der Waals surface area contributed by atoms with Crippen LogP contribution >= 0.6 is 0 Å². The van der Waals surface area contributed by atoms with E-state index in [9.17, 15) is 4.79 Å². The molecule has 1 spiro atoms. The number of ether oxygens (including phenoxy) is 1. The predicted molar refractivity (Wildman–Crippen MR) is 77.6 cm³/mol. The van der Waals surface area contributed by atoms with Gasteiger partial charge in [0.05, 0.1) is 5.60 Å². The van der Waals surface area contributed by atoms with E-state index in [2.05, 4.69) is 15.5 Å². The lowest BCUT2D eigenvalue weighted by Gasteiger charge is -2.51. The summed E-state index contributed by atoms with van der Waals surface area (Å²) in [6.07, 6.45) is 5.90. The quantitative estimate of drug-likeness (QED) is 0.791. The molecule has 2 saturated heterocycles. The smallest absolute Gasteiger partial charge is 0.238 e. The largest absolute Gasteiger partial charge is 0.375 e. The van der Waals surface area contributed by atoms with E-state index in [1.165, 1.54) is 19.3 Å². The van der Waals surface area contributed by atoms with Crippen molar-refractivity contribution in [1.82, 2.24) is 15.5 Å². The summed E-state index contributed by atoms with van der Waals surface area (Å²) in [6, 6.07) is 0.502. The number of piperazine rings is 1. The van der Waals surface area contributed by atoms with Gasteiger partial charge >= 0.3 is 0 Å². The molecule has 2 aliphatic heterocycles. The Morgan fingerprint density at radius 3 is 3.05 bits per heavy atom. The van der Waals surface area contributed by atoms with Crippen LogP contribution in [0.25, 0.3) is 0 Å². The van der Waals surface area contributed by atoms with Gasteiger partial charge in [-0.25, -0.2) is 0 Å². The molecule has 3 fully saturated rings. The highest BCUT2D eigenvalue weighted by atomic mass is 16.5. The fraction of sp³-hybridized carbons (Fsp3) is 0.933. The fourth-order valence-corrected chi connectivity index (χ4v) is 3.90. The Morgan fingerprint density at radius 1 is 1.50 bits per heavy atom. The molecule has 0 aromatic rings. The Labute approximate surface area is 121 Å². The number of carbonyl (C=O) groups is 1. The molecule has 2 atom stereocenters. The Kier molecular flexibility index (Phi) is 4.29. The van der Waals surface area contributed by atoms with Gasteiger partial charge in [-0.3, -0.25) is 9.69 Å². The number of hydrogen-bond donors (Lipinski definition) is 2. The van der Waals surface area contributed by atoms with E-state index in [1.54, 1.807) is 0 Å². The van der Waals surface area contributed by atoms with Crippen molar-refractivity contribution < 1.29 is 9.53 Å². The summed E-state index contributed by atoms with van der Waals surface area (Å²) in [7, 11) is 0. The van der Waals surface area contributed by atoms with Crippen molar-refractivity contribution in [3.63, 3.8) is 0 Å². The van der Waals surface area contributed by atoms with Crippen LogP contribution < -0.4 is 10.6 Å².